The van der Waals surface area contributed by atoms with Gasteiger partial charge in [0.2, 0.25) is 11.8 Å². The van der Waals surface area contributed by atoms with Crippen molar-refractivity contribution >= 4 is 17.5 Å². The predicted molar refractivity (Wildman–Crippen MR) is 86.4 cm³/mol. The van der Waals surface area contributed by atoms with Crippen molar-refractivity contribution in [3.63, 3.8) is 0 Å². The molecule has 0 fully saturated rings. The summed E-state index contributed by atoms with van der Waals surface area (Å²) in [6, 6.07) is 6.01. The van der Waals surface area contributed by atoms with Gasteiger partial charge >= 0.3 is 0 Å². The smallest absolute Gasteiger partial charge is 0.223 e. The SMILES string of the molecule is CC(=O)N(CCC(=O)NCC(C)C)c1cc(C)cc(C)c1. The van der Waals surface area contributed by atoms with Crippen molar-refractivity contribution in [1.82, 2.24) is 5.32 Å². The van der Waals surface area contributed by atoms with E-state index in [0.29, 0.717) is 25.4 Å². The lowest BCUT2D eigenvalue weighted by Crippen LogP contribution is -2.35. The first-order valence-electron chi connectivity index (χ1n) is 7.42. The van der Waals surface area contributed by atoms with Gasteiger partial charge in [0.05, 0.1) is 0 Å². The van der Waals surface area contributed by atoms with Crippen molar-refractivity contribution in [2.24, 2.45) is 5.92 Å². The summed E-state index contributed by atoms with van der Waals surface area (Å²) < 4.78 is 0. The van der Waals surface area contributed by atoms with Crippen LogP contribution < -0.4 is 10.2 Å². The minimum atomic E-state index is -0.0448. The number of carbonyl (C=O) groups excluding carboxylic acids is 2. The van der Waals surface area contributed by atoms with Crippen LogP contribution in [0.1, 0.15) is 38.3 Å². The Labute approximate surface area is 127 Å². The monoisotopic (exact) mass is 290 g/mol. The van der Waals surface area contributed by atoms with Crippen LogP contribution in [0.15, 0.2) is 18.2 Å². The van der Waals surface area contributed by atoms with Gasteiger partial charge in [-0.05, 0) is 43.0 Å². The van der Waals surface area contributed by atoms with Crippen LogP contribution >= 0.6 is 0 Å². The summed E-state index contributed by atoms with van der Waals surface area (Å²) in [7, 11) is 0. The molecule has 1 aromatic carbocycles. The maximum absolute atomic E-state index is 11.8. The average molecular weight is 290 g/mol. The van der Waals surface area contributed by atoms with Gasteiger partial charge in [0.15, 0.2) is 0 Å². The zero-order valence-electron chi connectivity index (χ0n) is 13.7. The maximum atomic E-state index is 11.8. The highest BCUT2D eigenvalue weighted by atomic mass is 16.2. The number of benzene rings is 1. The number of aryl methyl sites for hydroxylation is 2. The van der Waals surface area contributed by atoms with E-state index in [4.69, 9.17) is 0 Å². The molecular formula is C17H26N2O2. The quantitative estimate of drug-likeness (QED) is 0.876. The van der Waals surface area contributed by atoms with E-state index in [-0.39, 0.29) is 11.8 Å². The van der Waals surface area contributed by atoms with Gasteiger partial charge in [0.1, 0.15) is 0 Å². The molecule has 4 nitrogen and oxygen atoms in total. The maximum Gasteiger partial charge on any atom is 0.223 e. The molecule has 2 amide bonds. The third kappa shape index (κ3) is 5.98. The minimum absolute atomic E-state index is 0.0145. The van der Waals surface area contributed by atoms with Gasteiger partial charge in [0, 0.05) is 32.1 Å². The molecule has 116 valence electrons. The van der Waals surface area contributed by atoms with Gasteiger partial charge in [-0.1, -0.05) is 19.9 Å². The van der Waals surface area contributed by atoms with Gasteiger partial charge in [-0.2, -0.15) is 0 Å². The molecule has 0 spiro atoms. The molecule has 0 heterocycles. The number of nitrogens with one attached hydrogen (secondary N) is 1. The molecule has 21 heavy (non-hydrogen) atoms. The Bertz CT molecular complexity index is 489. The molecule has 0 saturated heterocycles. The summed E-state index contributed by atoms with van der Waals surface area (Å²) in [6.07, 6.45) is 0.319. The highest BCUT2D eigenvalue weighted by Gasteiger charge is 2.14. The molecule has 0 aliphatic carbocycles. The molecular weight excluding hydrogens is 264 g/mol. The van der Waals surface area contributed by atoms with E-state index in [0.717, 1.165) is 16.8 Å². The van der Waals surface area contributed by atoms with Crippen LogP contribution in [-0.4, -0.2) is 24.9 Å². The van der Waals surface area contributed by atoms with Crippen molar-refractivity contribution in [3.05, 3.63) is 29.3 Å². The molecule has 0 saturated carbocycles. The molecule has 0 unspecified atom stereocenters. The van der Waals surface area contributed by atoms with E-state index in [9.17, 15) is 9.59 Å². The van der Waals surface area contributed by atoms with E-state index in [1.54, 1.807) is 4.90 Å². The number of nitrogens with zero attached hydrogens (tertiary/aromatic N) is 1. The fraction of sp³-hybridized carbons (Fsp3) is 0.529. The van der Waals surface area contributed by atoms with Crippen molar-refractivity contribution in [2.75, 3.05) is 18.0 Å². The highest BCUT2D eigenvalue weighted by Crippen LogP contribution is 2.19. The molecule has 0 radical (unpaired) electrons. The van der Waals surface area contributed by atoms with Gasteiger partial charge in [-0.15, -0.1) is 0 Å². The summed E-state index contributed by atoms with van der Waals surface area (Å²) in [5.41, 5.74) is 3.08. The first-order chi connectivity index (χ1) is 9.79. The number of hydrogen-bond donors (Lipinski definition) is 1. The Balaban J connectivity index is 2.70. The fourth-order valence-corrected chi connectivity index (χ4v) is 2.19. The molecule has 0 aromatic heterocycles. The van der Waals surface area contributed by atoms with Crippen molar-refractivity contribution in [2.45, 2.75) is 41.0 Å². The summed E-state index contributed by atoms with van der Waals surface area (Å²) in [5, 5.41) is 2.87. The molecule has 1 aromatic rings. The zero-order chi connectivity index (χ0) is 16.0. The van der Waals surface area contributed by atoms with Crippen LogP contribution in [0, 0.1) is 19.8 Å². The van der Waals surface area contributed by atoms with Gasteiger partial charge < -0.3 is 10.2 Å². The molecule has 0 atom stereocenters. The van der Waals surface area contributed by atoms with Crippen molar-refractivity contribution < 1.29 is 9.59 Å². The van der Waals surface area contributed by atoms with E-state index in [2.05, 4.69) is 25.2 Å². The molecule has 0 aliphatic rings. The molecule has 4 heteroatoms. The second-order valence-electron chi connectivity index (χ2n) is 5.96. The highest BCUT2D eigenvalue weighted by molar-refractivity contribution is 5.92. The largest absolute Gasteiger partial charge is 0.356 e. The Morgan fingerprint density at radius 1 is 1.14 bits per heavy atom. The number of rotatable bonds is 6. The Morgan fingerprint density at radius 3 is 2.19 bits per heavy atom. The topological polar surface area (TPSA) is 49.4 Å². The van der Waals surface area contributed by atoms with Crippen LogP contribution in [0.2, 0.25) is 0 Å². The Morgan fingerprint density at radius 2 is 1.71 bits per heavy atom. The molecule has 0 aliphatic heterocycles. The first kappa shape index (κ1) is 17.2. The van der Waals surface area contributed by atoms with E-state index >= 15 is 0 Å². The normalized spacial score (nSPS) is 10.6. The second-order valence-corrected chi connectivity index (χ2v) is 5.96. The Kier molecular flexibility index (Phi) is 6.40. The van der Waals surface area contributed by atoms with E-state index in [1.165, 1.54) is 6.92 Å². The lowest BCUT2D eigenvalue weighted by Gasteiger charge is -2.22. The standard InChI is InChI=1S/C17H26N2O2/c1-12(2)11-18-17(21)6-7-19(15(5)20)16-9-13(3)8-14(4)10-16/h8-10,12H,6-7,11H2,1-5H3,(H,18,21). The van der Waals surface area contributed by atoms with Crippen LogP contribution in [-0.2, 0) is 9.59 Å². The van der Waals surface area contributed by atoms with Crippen molar-refractivity contribution in [3.8, 4) is 0 Å². The third-order valence-corrected chi connectivity index (χ3v) is 3.17. The van der Waals surface area contributed by atoms with Gasteiger partial charge in [0.25, 0.3) is 0 Å². The number of amides is 2. The second kappa shape index (κ2) is 7.81. The fourth-order valence-electron chi connectivity index (χ4n) is 2.19. The van der Waals surface area contributed by atoms with Gasteiger partial charge in [-0.3, -0.25) is 9.59 Å². The van der Waals surface area contributed by atoms with Crippen LogP contribution in [0.3, 0.4) is 0 Å². The van der Waals surface area contributed by atoms with Crippen LogP contribution in [0.25, 0.3) is 0 Å². The Hall–Kier alpha value is -1.84. The number of carbonyl (C=O) groups is 2. The average Bonchev–Trinajstić information content (AvgIpc) is 2.35. The molecule has 0 bridgehead atoms. The number of anilines is 1. The van der Waals surface area contributed by atoms with E-state index < -0.39 is 0 Å². The van der Waals surface area contributed by atoms with Crippen molar-refractivity contribution in [1.29, 1.82) is 0 Å². The van der Waals surface area contributed by atoms with E-state index in [1.807, 2.05) is 26.0 Å². The van der Waals surface area contributed by atoms with Crippen LogP contribution in [0.4, 0.5) is 5.69 Å². The number of hydrogen-bond acceptors (Lipinski definition) is 2. The lowest BCUT2D eigenvalue weighted by atomic mass is 10.1. The zero-order valence-corrected chi connectivity index (χ0v) is 13.7. The lowest BCUT2D eigenvalue weighted by molar-refractivity contribution is -0.121. The predicted octanol–water partition coefficient (Wildman–Crippen LogP) is 2.82. The minimum Gasteiger partial charge on any atom is -0.356 e. The summed E-state index contributed by atoms with van der Waals surface area (Å²) >= 11 is 0. The summed E-state index contributed by atoms with van der Waals surface area (Å²) in [5.74, 6) is 0.369. The first-order valence-corrected chi connectivity index (χ1v) is 7.42. The van der Waals surface area contributed by atoms with Gasteiger partial charge in [-0.25, -0.2) is 0 Å². The summed E-state index contributed by atoms with van der Waals surface area (Å²) in [4.78, 5) is 25.3. The van der Waals surface area contributed by atoms with Crippen LogP contribution in [0.5, 0.6) is 0 Å². The summed E-state index contributed by atoms with van der Waals surface area (Å²) in [6.45, 7) is 10.7. The molecule has 1 rings (SSSR count). The molecule has 1 N–H and O–H groups in total. The third-order valence-electron chi connectivity index (χ3n) is 3.17.